The molecule has 2 saturated carbocycles. The number of thiazole rings is 1. The lowest BCUT2D eigenvalue weighted by atomic mass is 9.79. The molecule has 7 atom stereocenters. The summed E-state index contributed by atoms with van der Waals surface area (Å²) in [5, 5.41) is 27.9. The highest BCUT2D eigenvalue weighted by molar-refractivity contribution is 7.13. The van der Waals surface area contributed by atoms with E-state index in [0.29, 0.717) is 60.1 Å². The van der Waals surface area contributed by atoms with E-state index in [1.54, 1.807) is 23.5 Å². The molecular weight excluding hydrogens is 787 g/mol. The Morgan fingerprint density at radius 2 is 1.75 bits per heavy atom. The van der Waals surface area contributed by atoms with Crippen LogP contribution >= 0.6 is 11.3 Å². The summed E-state index contributed by atoms with van der Waals surface area (Å²) < 4.78 is 11.9. The molecule has 6 aromatic rings. The number of aromatic amines is 1. The normalized spacial score (nSPS) is 22.5. The number of H-pyrrole nitrogens is 1. The Bertz CT molecular complexity index is 2510. The Balaban J connectivity index is 0.772. The van der Waals surface area contributed by atoms with Gasteiger partial charge in [-0.2, -0.15) is 0 Å². The minimum absolute atomic E-state index is 0.0367. The number of aromatic nitrogens is 5. The molecule has 61 heavy (non-hydrogen) atoms. The summed E-state index contributed by atoms with van der Waals surface area (Å²) in [5.74, 6) is 1.40. The van der Waals surface area contributed by atoms with Gasteiger partial charge in [-0.3, -0.25) is 14.5 Å². The zero-order valence-electron chi connectivity index (χ0n) is 35.6. The lowest BCUT2D eigenvalue weighted by molar-refractivity contribution is -0.134. The molecule has 0 radical (unpaired) electrons. The molecule has 13 heteroatoms. The van der Waals surface area contributed by atoms with Gasteiger partial charge in [-0.15, -0.1) is 21.5 Å². The number of carbonyl (C=O) groups is 2. The third-order valence-corrected chi connectivity index (χ3v) is 14.6. The number of benzene rings is 2. The molecule has 3 N–H and O–H groups in total. The maximum absolute atomic E-state index is 14.3. The molecule has 9 rings (SSSR count). The zero-order chi connectivity index (χ0) is 42.4. The molecule has 2 unspecified atom stereocenters. The number of phenols is 1. The van der Waals surface area contributed by atoms with Crippen LogP contribution in [0.15, 0.2) is 70.7 Å². The van der Waals surface area contributed by atoms with Crippen molar-refractivity contribution in [3.8, 4) is 33.3 Å². The van der Waals surface area contributed by atoms with E-state index >= 15 is 0 Å². The van der Waals surface area contributed by atoms with Crippen molar-refractivity contribution < 1.29 is 24.0 Å². The number of hydrogen-bond acceptors (Lipinski definition) is 11. The quantitative estimate of drug-likeness (QED) is 0.0966. The summed E-state index contributed by atoms with van der Waals surface area (Å²) in [6, 6.07) is 19.2. The minimum Gasteiger partial charge on any atom is -0.507 e. The van der Waals surface area contributed by atoms with Gasteiger partial charge in [0.25, 0.3) is 5.88 Å². The molecule has 12 nitrogen and oxygen atoms in total. The summed E-state index contributed by atoms with van der Waals surface area (Å²) in [4.78, 5) is 39.4. The summed E-state index contributed by atoms with van der Waals surface area (Å²) in [5.41, 5.74) is 9.62. The maximum Gasteiger partial charge on any atom is 0.254 e. The first-order valence-corrected chi connectivity index (χ1v) is 22.7. The highest BCUT2D eigenvalue weighted by Crippen LogP contribution is 2.49. The molecule has 5 heterocycles. The summed E-state index contributed by atoms with van der Waals surface area (Å²) in [7, 11) is 0. The highest BCUT2D eigenvalue weighted by atomic mass is 32.1. The van der Waals surface area contributed by atoms with Gasteiger partial charge in [0.05, 0.1) is 33.7 Å². The van der Waals surface area contributed by atoms with E-state index in [0.717, 1.165) is 77.3 Å². The SMILES string of the molecule is Cc1ncsc1-c1ccc([C@H](C)NC(=O)[C@@H]2CCCC2C(=O)[C@@H](c2cc(OCCN3C[C@H]4CC(c5c(C)[nH]c6nnc(-c7ccccc7O)cc56)C[C@H]4C3)no2)C(C)C)cc1. The number of amides is 1. The number of para-hydroxylation sites is 1. The van der Waals surface area contributed by atoms with Crippen molar-refractivity contribution in [2.24, 2.45) is 29.6 Å². The van der Waals surface area contributed by atoms with Crippen LogP contribution in [0.2, 0.25) is 0 Å². The molecule has 2 aliphatic carbocycles. The lowest BCUT2D eigenvalue weighted by Gasteiger charge is -2.25. The predicted molar refractivity (Wildman–Crippen MR) is 235 cm³/mol. The zero-order valence-corrected chi connectivity index (χ0v) is 36.4. The van der Waals surface area contributed by atoms with Crippen LogP contribution in [0.4, 0.5) is 0 Å². The topological polar surface area (TPSA) is 159 Å². The number of fused-ring (bicyclic) bond motifs is 2. The van der Waals surface area contributed by atoms with Gasteiger partial charge >= 0.3 is 0 Å². The highest BCUT2D eigenvalue weighted by Gasteiger charge is 2.44. The van der Waals surface area contributed by atoms with Crippen molar-refractivity contribution >= 4 is 34.1 Å². The molecule has 0 bridgehead atoms. The van der Waals surface area contributed by atoms with Gasteiger partial charge in [-0.25, -0.2) is 4.98 Å². The second-order valence-electron chi connectivity index (χ2n) is 17.9. The van der Waals surface area contributed by atoms with E-state index in [-0.39, 0.29) is 41.2 Å². The number of aromatic hydroxyl groups is 1. The number of carbonyl (C=O) groups excluding carboxylic acids is 2. The number of Topliss-reactive ketones (excluding diaryl/α,β-unsaturated/α-hetero) is 1. The van der Waals surface area contributed by atoms with E-state index in [4.69, 9.17) is 9.26 Å². The molecule has 0 spiro atoms. The molecule has 3 aliphatic rings. The molecule has 4 aromatic heterocycles. The van der Waals surface area contributed by atoms with Crippen LogP contribution < -0.4 is 10.1 Å². The first kappa shape index (κ1) is 41.0. The van der Waals surface area contributed by atoms with E-state index in [1.165, 1.54) is 5.56 Å². The first-order valence-electron chi connectivity index (χ1n) is 21.8. The summed E-state index contributed by atoms with van der Waals surface area (Å²) >= 11 is 1.62. The van der Waals surface area contributed by atoms with Crippen molar-refractivity contribution in [2.75, 3.05) is 26.2 Å². The standard InChI is InChI=1S/C48H55N7O5S/c1-26(2)43(45(57)35-10-8-11-36(35)48(58)51-27(3)30-13-15-31(16-14-30)46-29(5)49-25-61-46)41-22-42(54-60-41)59-18-17-55-23-33-19-32(20-34(33)24-55)44-28(4)50-47-38(44)21-39(52-53-47)37-9-6-7-12-40(37)56/h6-7,9,12-16,21-22,25-27,32-36,43,56H,8,10-11,17-20,23-24H2,1-5H3,(H,50,53)(H,51,58)/t27-,32?,33-,34+,35?,36+,43+/m0/s1. The summed E-state index contributed by atoms with van der Waals surface area (Å²) in [6.07, 6.45) is 4.44. The van der Waals surface area contributed by atoms with Gasteiger partial charge in [0, 0.05) is 54.2 Å². The van der Waals surface area contributed by atoms with E-state index in [9.17, 15) is 14.7 Å². The monoisotopic (exact) mass is 841 g/mol. The average Bonchev–Trinajstić information content (AvgIpc) is 4.10. The van der Waals surface area contributed by atoms with E-state index in [1.807, 2.05) is 51.4 Å². The Labute approximate surface area is 360 Å². The van der Waals surface area contributed by atoms with Crippen molar-refractivity contribution in [1.82, 2.24) is 35.5 Å². The Morgan fingerprint density at radius 3 is 2.48 bits per heavy atom. The number of rotatable bonds is 14. The van der Waals surface area contributed by atoms with Crippen LogP contribution in [-0.2, 0) is 9.59 Å². The van der Waals surface area contributed by atoms with Crippen molar-refractivity contribution in [1.29, 1.82) is 0 Å². The number of ketones is 1. The van der Waals surface area contributed by atoms with Gasteiger partial charge in [0.2, 0.25) is 5.91 Å². The molecular formula is C48H55N7O5S. The summed E-state index contributed by atoms with van der Waals surface area (Å²) in [6.45, 7) is 13.5. The Hall–Kier alpha value is -5.40. The number of ether oxygens (including phenoxy) is 1. The van der Waals surface area contributed by atoms with Crippen LogP contribution in [0, 0.1) is 43.4 Å². The van der Waals surface area contributed by atoms with Gasteiger partial charge < -0.3 is 24.7 Å². The van der Waals surface area contributed by atoms with Gasteiger partial charge in [0.15, 0.2) is 11.4 Å². The fraction of sp³-hybridized carbons (Fsp3) is 0.458. The van der Waals surface area contributed by atoms with Gasteiger partial charge in [0.1, 0.15) is 18.1 Å². The third kappa shape index (κ3) is 8.22. The van der Waals surface area contributed by atoms with Crippen LogP contribution in [0.5, 0.6) is 11.6 Å². The molecule has 3 fully saturated rings. The largest absolute Gasteiger partial charge is 0.507 e. The third-order valence-electron chi connectivity index (χ3n) is 13.6. The second-order valence-corrected chi connectivity index (χ2v) is 18.8. The van der Waals surface area contributed by atoms with Gasteiger partial charge in [-0.05, 0) is 110 Å². The number of hydrogen-bond donors (Lipinski definition) is 3. The Kier molecular flexibility index (Phi) is 11.5. The molecule has 1 amide bonds. The van der Waals surface area contributed by atoms with Crippen LogP contribution in [0.3, 0.4) is 0 Å². The van der Waals surface area contributed by atoms with Crippen molar-refractivity contribution in [2.45, 2.75) is 84.6 Å². The first-order chi connectivity index (χ1) is 29.5. The fourth-order valence-corrected chi connectivity index (χ4v) is 11.4. The van der Waals surface area contributed by atoms with Crippen LogP contribution in [-0.4, -0.2) is 73.3 Å². The minimum atomic E-state index is -0.515. The fourth-order valence-electron chi connectivity index (χ4n) is 10.6. The van der Waals surface area contributed by atoms with E-state index < -0.39 is 5.92 Å². The number of likely N-dealkylation sites (tertiary alicyclic amines) is 1. The number of nitrogens with zero attached hydrogens (tertiary/aromatic N) is 5. The van der Waals surface area contributed by atoms with Crippen molar-refractivity contribution in [3.63, 3.8) is 0 Å². The smallest absolute Gasteiger partial charge is 0.254 e. The van der Waals surface area contributed by atoms with E-state index in [2.05, 4.69) is 72.8 Å². The van der Waals surface area contributed by atoms with Gasteiger partial charge in [-0.1, -0.05) is 56.7 Å². The molecule has 2 aromatic carbocycles. The number of nitrogens with one attached hydrogen (secondary N) is 2. The lowest BCUT2D eigenvalue weighted by Crippen LogP contribution is -2.38. The maximum atomic E-state index is 14.3. The molecule has 1 saturated heterocycles. The number of aryl methyl sites for hydroxylation is 2. The van der Waals surface area contributed by atoms with Crippen molar-refractivity contribution in [3.05, 3.63) is 94.4 Å². The number of phenolic OH excluding ortho intramolecular Hbond substituents is 1. The molecule has 318 valence electrons. The van der Waals surface area contributed by atoms with Crippen LogP contribution in [0.1, 0.15) is 99.0 Å². The average molecular weight is 842 g/mol. The second kappa shape index (κ2) is 17.2. The predicted octanol–water partition coefficient (Wildman–Crippen LogP) is 9.17. The Morgan fingerprint density at radius 1 is 1.00 bits per heavy atom. The molecule has 1 aliphatic heterocycles. The van der Waals surface area contributed by atoms with Crippen LogP contribution in [0.25, 0.3) is 32.7 Å².